The van der Waals surface area contributed by atoms with E-state index in [1.54, 1.807) is 25.1 Å². The first kappa shape index (κ1) is 15.8. The molecule has 0 saturated carbocycles. The number of piperazine rings is 1. The van der Waals surface area contributed by atoms with Gasteiger partial charge in [0, 0.05) is 45.3 Å². The fourth-order valence-electron chi connectivity index (χ4n) is 2.90. The van der Waals surface area contributed by atoms with E-state index in [9.17, 15) is 9.90 Å². The first-order chi connectivity index (χ1) is 9.91. The Morgan fingerprint density at radius 1 is 1.48 bits per heavy atom. The lowest BCUT2D eigenvalue weighted by Gasteiger charge is -2.40. The first-order valence-electron chi connectivity index (χ1n) is 7.39. The molecule has 5 heteroatoms. The molecule has 0 aliphatic carbocycles. The van der Waals surface area contributed by atoms with E-state index in [0.717, 1.165) is 24.2 Å². The van der Waals surface area contributed by atoms with Crippen LogP contribution in [0.3, 0.4) is 0 Å². The van der Waals surface area contributed by atoms with Crippen LogP contribution in [0.25, 0.3) is 0 Å². The van der Waals surface area contributed by atoms with E-state index >= 15 is 0 Å². The summed E-state index contributed by atoms with van der Waals surface area (Å²) in [4.78, 5) is 16.2. The molecular weight excluding hydrogens is 266 g/mol. The zero-order chi connectivity index (χ0) is 15.6. The number of carbonyl (C=O) groups excluding carboxylic acids is 1. The van der Waals surface area contributed by atoms with Crippen molar-refractivity contribution in [3.8, 4) is 5.75 Å². The minimum atomic E-state index is -0.191. The van der Waals surface area contributed by atoms with Crippen LogP contribution in [0.4, 0.5) is 0 Å². The third-order valence-electron chi connectivity index (χ3n) is 4.14. The highest BCUT2D eigenvalue weighted by molar-refractivity contribution is 5.81. The van der Waals surface area contributed by atoms with Crippen LogP contribution in [0.15, 0.2) is 18.2 Å². The molecule has 1 saturated heterocycles. The Kier molecular flexibility index (Phi) is 4.85. The van der Waals surface area contributed by atoms with Crippen LogP contribution in [0, 0.1) is 6.92 Å². The van der Waals surface area contributed by atoms with Gasteiger partial charge in [0.15, 0.2) is 0 Å². The van der Waals surface area contributed by atoms with Crippen LogP contribution in [0.2, 0.25) is 0 Å². The van der Waals surface area contributed by atoms with Crippen molar-refractivity contribution in [3.05, 3.63) is 29.3 Å². The number of carbonyl (C=O) groups is 1. The van der Waals surface area contributed by atoms with E-state index in [1.165, 1.54) is 0 Å². The summed E-state index contributed by atoms with van der Waals surface area (Å²) in [6.07, 6.45) is 0. The monoisotopic (exact) mass is 291 g/mol. The Hall–Kier alpha value is -1.59. The van der Waals surface area contributed by atoms with Gasteiger partial charge in [-0.1, -0.05) is 17.7 Å². The molecule has 116 valence electrons. The van der Waals surface area contributed by atoms with E-state index < -0.39 is 0 Å². The fourth-order valence-corrected chi connectivity index (χ4v) is 2.90. The fraction of sp³-hybridized carbons (Fsp3) is 0.562. The van der Waals surface area contributed by atoms with Gasteiger partial charge in [0.1, 0.15) is 11.8 Å². The van der Waals surface area contributed by atoms with Gasteiger partial charge in [-0.05, 0) is 19.9 Å². The molecule has 2 rings (SSSR count). The summed E-state index contributed by atoms with van der Waals surface area (Å²) in [6, 6.07) is 5.43. The molecule has 1 aliphatic heterocycles. The summed E-state index contributed by atoms with van der Waals surface area (Å²) >= 11 is 0. The average molecular weight is 291 g/mol. The van der Waals surface area contributed by atoms with Crippen LogP contribution in [-0.2, 0) is 4.79 Å². The molecule has 2 atom stereocenters. The van der Waals surface area contributed by atoms with Crippen LogP contribution >= 0.6 is 0 Å². The second-order valence-corrected chi connectivity index (χ2v) is 5.93. The molecule has 0 aromatic heterocycles. The largest absolute Gasteiger partial charge is 0.508 e. The van der Waals surface area contributed by atoms with Crippen molar-refractivity contribution in [2.24, 2.45) is 0 Å². The minimum absolute atomic E-state index is 0.000833. The molecule has 1 aromatic carbocycles. The number of nitrogens with one attached hydrogen (secondary N) is 1. The molecular formula is C16H25N3O2. The lowest BCUT2D eigenvalue weighted by atomic mass is 10.00. The number of likely N-dealkylation sites (N-methyl/N-ethyl adjacent to an activating group) is 1. The lowest BCUT2D eigenvalue weighted by molar-refractivity contribution is -0.136. The quantitative estimate of drug-likeness (QED) is 0.876. The van der Waals surface area contributed by atoms with Crippen molar-refractivity contribution >= 4 is 5.91 Å². The molecule has 2 unspecified atom stereocenters. The number of benzene rings is 1. The van der Waals surface area contributed by atoms with Crippen LogP contribution in [0.5, 0.6) is 5.75 Å². The van der Waals surface area contributed by atoms with Gasteiger partial charge < -0.3 is 15.3 Å². The molecule has 1 amide bonds. The molecule has 1 aliphatic rings. The number of aryl methyl sites for hydroxylation is 1. The van der Waals surface area contributed by atoms with Gasteiger partial charge >= 0.3 is 0 Å². The number of nitrogens with zero attached hydrogens (tertiary/aromatic N) is 2. The maximum Gasteiger partial charge on any atom is 0.240 e. The first-order valence-corrected chi connectivity index (χ1v) is 7.39. The number of aromatic hydroxyl groups is 1. The summed E-state index contributed by atoms with van der Waals surface area (Å²) < 4.78 is 0. The van der Waals surface area contributed by atoms with Crippen molar-refractivity contribution in [2.45, 2.75) is 25.9 Å². The van der Waals surface area contributed by atoms with Crippen molar-refractivity contribution < 1.29 is 9.90 Å². The molecule has 5 nitrogen and oxygen atoms in total. The molecule has 1 fully saturated rings. The molecule has 0 bridgehead atoms. The van der Waals surface area contributed by atoms with E-state index in [-0.39, 0.29) is 18.0 Å². The standard InChI is InChI=1S/C16H25N3O2/c1-11-5-6-15(20)13(9-11)12(2)19-8-7-17-10-14(19)16(21)18(3)4/h5-6,9,12,14,17,20H,7-8,10H2,1-4H3. The summed E-state index contributed by atoms with van der Waals surface area (Å²) in [7, 11) is 3.56. The van der Waals surface area contributed by atoms with E-state index in [1.807, 2.05) is 19.1 Å². The van der Waals surface area contributed by atoms with Crippen LogP contribution < -0.4 is 5.32 Å². The predicted molar refractivity (Wildman–Crippen MR) is 83.3 cm³/mol. The van der Waals surface area contributed by atoms with Gasteiger partial charge in [-0.25, -0.2) is 0 Å². The summed E-state index contributed by atoms with van der Waals surface area (Å²) in [5.74, 6) is 0.392. The summed E-state index contributed by atoms with van der Waals surface area (Å²) in [6.45, 7) is 6.35. The number of rotatable bonds is 3. The topological polar surface area (TPSA) is 55.8 Å². The normalized spacial score (nSPS) is 21.0. The van der Waals surface area contributed by atoms with Crippen molar-refractivity contribution in [3.63, 3.8) is 0 Å². The van der Waals surface area contributed by atoms with Gasteiger partial charge in [-0.2, -0.15) is 0 Å². The van der Waals surface area contributed by atoms with E-state index in [4.69, 9.17) is 0 Å². The lowest BCUT2D eigenvalue weighted by Crippen LogP contribution is -2.58. The number of hydrogen-bond donors (Lipinski definition) is 2. The maximum atomic E-state index is 12.4. The van der Waals surface area contributed by atoms with E-state index in [0.29, 0.717) is 12.3 Å². The molecule has 0 spiro atoms. The Morgan fingerprint density at radius 3 is 2.86 bits per heavy atom. The van der Waals surface area contributed by atoms with Gasteiger partial charge in [0.05, 0.1) is 0 Å². The summed E-state index contributed by atoms with van der Waals surface area (Å²) in [5, 5.41) is 13.4. The number of phenolic OH excluding ortho intramolecular Hbond substituents is 1. The van der Waals surface area contributed by atoms with Crippen LogP contribution in [-0.4, -0.2) is 60.6 Å². The SMILES string of the molecule is Cc1ccc(O)c(C(C)N2CCNCC2C(=O)N(C)C)c1. The Bertz CT molecular complexity index is 516. The highest BCUT2D eigenvalue weighted by atomic mass is 16.3. The maximum absolute atomic E-state index is 12.4. The van der Waals surface area contributed by atoms with Crippen LogP contribution in [0.1, 0.15) is 24.1 Å². The average Bonchev–Trinajstić information content (AvgIpc) is 2.48. The smallest absolute Gasteiger partial charge is 0.240 e. The molecule has 1 aromatic rings. The van der Waals surface area contributed by atoms with Gasteiger partial charge in [0.25, 0.3) is 0 Å². The van der Waals surface area contributed by atoms with Crippen molar-refractivity contribution in [2.75, 3.05) is 33.7 Å². The predicted octanol–water partition coefficient (Wildman–Crippen LogP) is 1.12. The number of amides is 1. The number of phenols is 1. The van der Waals surface area contributed by atoms with Crippen molar-refractivity contribution in [1.29, 1.82) is 0 Å². The molecule has 21 heavy (non-hydrogen) atoms. The van der Waals surface area contributed by atoms with Crippen molar-refractivity contribution in [1.82, 2.24) is 15.1 Å². The zero-order valence-corrected chi connectivity index (χ0v) is 13.3. The van der Waals surface area contributed by atoms with Gasteiger partial charge in [-0.3, -0.25) is 9.69 Å². The zero-order valence-electron chi connectivity index (χ0n) is 13.3. The Labute approximate surface area is 126 Å². The third kappa shape index (κ3) is 3.36. The van der Waals surface area contributed by atoms with Gasteiger partial charge in [0.2, 0.25) is 5.91 Å². The Morgan fingerprint density at radius 2 is 2.19 bits per heavy atom. The molecule has 2 N–H and O–H groups in total. The highest BCUT2D eigenvalue weighted by Gasteiger charge is 2.33. The van der Waals surface area contributed by atoms with Gasteiger partial charge in [-0.15, -0.1) is 0 Å². The highest BCUT2D eigenvalue weighted by Crippen LogP contribution is 2.31. The Balaban J connectivity index is 2.28. The third-order valence-corrected chi connectivity index (χ3v) is 4.14. The minimum Gasteiger partial charge on any atom is -0.508 e. The van der Waals surface area contributed by atoms with E-state index in [2.05, 4.69) is 17.1 Å². The second-order valence-electron chi connectivity index (χ2n) is 5.93. The summed E-state index contributed by atoms with van der Waals surface area (Å²) in [5.41, 5.74) is 1.99. The molecule has 1 heterocycles. The molecule has 0 radical (unpaired) electrons. The second kappa shape index (κ2) is 6.45. The number of hydrogen-bond acceptors (Lipinski definition) is 4.